The zero-order valence-corrected chi connectivity index (χ0v) is 14.6. The monoisotopic (exact) mass is 364 g/mol. The van der Waals surface area contributed by atoms with E-state index in [1.54, 1.807) is 0 Å². The predicted molar refractivity (Wildman–Crippen MR) is 103 cm³/mol. The van der Waals surface area contributed by atoms with Crippen LogP contribution in [0.1, 0.15) is 21.5 Å². The Hall–Kier alpha value is -3.51. The number of carboxylic acids is 1. The van der Waals surface area contributed by atoms with Crippen LogP contribution in [0.2, 0.25) is 0 Å². The Kier molecular flexibility index (Phi) is 7.68. The molecule has 0 spiro atoms. The van der Waals surface area contributed by atoms with E-state index in [4.69, 9.17) is 5.11 Å². The average Bonchev–Trinajstić information content (AvgIpc) is 2.70. The van der Waals surface area contributed by atoms with Gasteiger partial charge in [0.25, 0.3) is 5.69 Å². The smallest absolute Gasteiger partial charge is 0.335 e. The first kappa shape index (κ1) is 19.8. The minimum Gasteiger partial charge on any atom is -0.478 e. The van der Waals surface area contributed by atoms with E-state index in [-0.39, 0.29) is 11.3 Å². The highest BCUT2D eigenvalue weighted by Gasteiger charge is 2.06. The standard InChI is InChI=1S/C14H15N.C7H5NO4/c1-3-7-13(8-4-1)11-15-12-14-9-5-2-6-10-14;9-7(10)5-1-3-6(4-2-5)8(11)12/h1-10,15H,11-12H2;1-4H,(H,9,10). The largest absolute Gasteiger partial charge is 0.478 e. The number of nitro groups is 1. The Bertz CT molecular complexity index is 778. The van der Waals surface area contributed by atoms with Crippen molar-refractivity contribution >= 4 is 11.7 Å². The van der Waals surface area contributed by atoms with Crippen LogP contribution in [0.25, 0.3) is 0 Å². The van der Waals surface area contributed by atoms with Gasteiger partial charge in [0.1, 0.15) is 0 Å². The zero-order chi connectivity index (χ0) is 19.5. The van der Waals surface area contributed by atoms with Crippen molar-refractivity contribution in [2.24, 2.45) is 0 Å². The van der Waals surface area contributed by atoms with Crippen LogP contribution in [0.5, 0.6) is 0 Å². The van der Waals surface area contributed by atoms with Crippen LogP contribution in [0.15, 0.2) is 84.9 Å². The fraction of sp³-hybridized carbons (Fsp3) is 0.0952. The van der Waals surface area contributed by atoms with Crippen molar-refractivity contribution < 1.29 is 14.8 Å². The van der Waals surface area contributed by atoms with Gasteiger partial charge in [0.05, 0.1) is 10.5 Å². The molecule has 0 aromatic heterocycles. The maximum Gasteiger partial charge on any atom is 0.335 e. The van der Waals surface area contributed by atoms with Crippen molar-refractivity contribution in [3.63, 3.8) is 0 Å². The van der Waals surface area contributed by atoms with E-state index in [1.807, 2.05) is 12.1 Å². The van der Waals surface area contributed by atoms with Crippen LogP contribution in [-0.4, -0.2) is 16.0 Å². The quantitative estimate of drug-likeness (QED) is 0.503. The average molecular weight is 364 g/mol. The lowest BCUT2D eigenvalue weighted by Crippen LogP contribution is -2.12. The fourth-order valence-corrected chi connectivity index (χ4v) is 2.27. The van der Waals surface area contributed by atoms with Gasteiger partial charge in [-0.15, -0.1) is 0 Å². The molecule has 2 N–H and O–H groups in total. The Morgan fingerprint density at radius 1 is 0.815 bits per heavy atom. The summed E-state index contributed by atoms with van der Waals surface area (Å²) in [6.07, 6.45) is 0. The van der Waals surface area contributed by atoms with Crippen LogP contribution in [0.3, 0.4) is 0 Å². The molecule has 0 saturated carbocycles. The van der Waals surface area contributed by atoms with Gasteiger partial charge in [-0.3, -0.25) is 10.1 Å². The summed E-state index contributed by atoms with van der Waals surface area (Å²) in [5, 5.41) is 22.0. The summed E-state index contributed by atoms with van der Waals surface area (Å²) < 4.78 is 0. The molecule has 6 nitrogen and oxygen atoms in total. The van der Waals surface area contributed by atoms with Crippen LogP contribution in [-0.2, 0) is 13.1 Å². The maximum atomic E-state index is 10.3. The van der Waals surface area contributed by atoms with Gasteiger partial charge in [-0.2, -0.15) is 0 Å². The first-order valence-corrected chi connectivity index (χ1v) is 8.32. The van der Waals surface area contributed by atoms with Crippen molar-refractivity contribution in [1.82, 2.24) is 5.32 Å². The molecule has 0 aliphatic rings. The molecule has 0 radical (unpaired) electrons. The van der Waals surface area contributed by atoms with Crippen molar-refractivity contribution in [3.05, 3.63) is 112 Å². The molecule has 0 heterocycles. The molecule has 0 unspecified atom stereocenters. The maximum absolute atomic E-state index is 10.3. The number of benzene rings is 3. The zero-order valence-electron chi connectivity index (χ0n) is 14.6. The third kappa shape index (κ3) is 7.09. The lowest BCUT2D eigenvalue weighted by molar-refractivity contribution is -0.384. The predicted octanol–water partition coefficient (Wildman–Crippen LogP) is 4.27. The summed E-state index contributed by atoms with van der Waals surface area (Å²) in [5.74, 6) is -1.09. The second-order valence-corrected chi connectivity index (χ2v) is 5.68. The summed E-state index contributed by atoms with van der Waals surface area (Å²) in [6, 6.07) is 25.6. The number of aromatic carboxylic acids is 1. The summed E-state index contributed by atoms with van der Waals surface area (Å²) in [5.41, 5.74) is 2.59. The van der Waals surface area contributed by atoms with Crippen LogP contribution < -0.4 is 5.32 Å². The van der Waals surface area contributed by atoms with Crippen molar-refractivity contribution in [1.29, 1.82) is 0 Å². The molecule has 0 aliphatic heterocycles. The van der Waals surface area contributed by atoms with Gasteiger partial charge in [-0.25, -0.2) is 4.79 Å². The second-order valence-electron chi connectivity index (χ2n) is 5.68. The molecular formula is C21H20N2O4. The van der Waals surface area contributed by atoms with Crippen molar-refractivity contribution in [2.75, 3.05) is 0 Å². The van der Waals surface area contributed by atoms with Crippen LogP contribution in [0.4, 0.5) is 5.69 Å². The Morgan fingerprint density at radius 3 is 1.63 bits per heavy atom. The highest BCUT2D eigenvalue weighted by molar-refractivity contribution is 5.87. The van der Waals surface area contributed by atoms with Crippen molar-refractivity contribution in [2.45, 2.75) is 13.1 Å². The number of nitrogens with zero attached hydrogens (tertiary/aromatic N) is 1. The number of nitrogens with one attached hydrogen (secondary N) is 1. The molecule has 3 aromatic rings. The van der Waals surface area contributed by atoms with Crippen LogP contribution in [0, 0.1) is 10.1 Å². The number of carboxylic acid groups (broad SMARTS) is 1. The first-order valence-electron chi connectivity index (χ1n) is 8.32. The molecular weight excluding hydrogens is 344 g/mol. The third-order valence-corrected chi connectivity index (χ3v) is 3.67. The van der Waals surface area contributed by atoms with Gasteiger partial charge in [-0.1, -0.05) is 60.7 Å². The molecule has 0 aliphatic carbocycles. The SMILES string of the molecule is O=C(O)c1ccc([N+](=O)[O-])cc1.c1ccc(CNCc2ccccc2)cc1. The normalized spacial score (nSPS) is 9.78. The van der Waals surface area contributed by atoms with E-state index in [0.29, 0.717) is 0 Å². The van der Waals surface area contributed by atoms with Gasteiger partial charge in [0.15, 0.2) is 0 Å². The highest BCUT2D eigenvalue weighted by Crippen LogP contribution is 2.11. The molecule has 0 fully saturated rings. The summed E-state index contributed by atoms with van der Waals surface area (Å²) in [7, 11) is 0. The Labute approximate surface area is 157 Å². The van der Waals surface area contributed by atoms with Gasteiger partial charge < -0.3 is 10.4 Å². The number of hydrogen-bond donors (Lipinski definition) is 2. The molecule has 138 valence electrons. The van der Waals surface area contributed by atoms with E-state index in [0.717, 1.165) is 25.2 Å². The molecule has 0 atom stereocenters. The van der Waals surface area contributed by atoms with Gasteiger partial charge >= 0.3 is 5.97 Å². The minimum absolute atomic E-state index is 0.0422. The second kappa shape index (κ2) is 10.5. The van der Waals surface area contributed by atoms with Gasteiger partial charge in [-0.05, 0) is 23.3 Å². The van der Waals surface area contributed by atoms with Crippen molar-refractivity contribution in [3.8, 4) is 0 Å². The third-order valence-electron chi connectivity index (χ3n) is 3.67. The van der Waals surface area contributed by atoms with Gasteiger partial charge in [0, 0.05) is 25.2 Å². The lowest BCUT2D eigenvalue weighted by atomic mass is 10.2. The fourth-order valence-electron chi connectivity index (χ4n) is 2.27. The van der Waals surface area contributed by atoms with Crippen LogP contribution >= 0.6 is 0 Å². The first-order chi connectivity index (χ1) is 13.1. The molecule has 0 saturated heterocycles. The molecule has 27 heavy (non-hydrogen) atoms. The molecule has 3 rings (SSSR count). The minimum atomic E-state index is -1.09. The molecule has 0 bridgehead atoms. The summed E-state index contributed by atoms with van der Waals surface area (Å²) in [6.45, 7) is 1.85. The lowest BCUT2D eigenvalue weighted by Gasteiger charge is -2.04. The summed E-state index contributed by atoms with van der Waals surface area (Å²) in [4.78, 5) is 19.9. The highest BCUT2D eigenvalue weighted by atomic mass is 16.6. The number of carbonyl (C=O) groups is 1. The van der Waals surface area contributed by atoms with Gasteiger partial charge in [0.2, 0.25) is 0 Å². The van der Waals surface area contributed by atoms with E-state index in [1.165, 1.54) is 23.3 Å². The van der Waals surface area contributed by atoms with E-state index < -0.39 is 10.9 Å². The van der Waals surface area contributed by atoms with E-state index in [2.05, 4.69) is 53.8 Å². The number of hydrogen-bond acceptors (Lipinski definition) is 4. The topological polar surface area (TPSA) is 92.5 Å². The van der Waals surface area contributed by atoms with E-state index in [9.17, 15) is 14.9 Å². The van der Waals surface area contributed by atoms with E-state index >= 15 is 0 Å². The Balaban J connectivity index is 0.000000199. The molecule has 0 amide bonds. The summed E-state index contributed by atoms with van der Waals surface area (Å²) >= 11 is 0. The Morgan fingerprint density at radius 2 is 1.26 bits per heavy atom. The number of non-ortho nitro benzene ring substituents is 1. The number of nitro benzene ring substituents is 1. The molecule has 3 aromatic carbocycles. The number of rotatable bonds is 6. The molecule has 6 heteroatoms.